The number of carbonyl (C=O) groups excluding carboxylic acids is 3. The van der Waals surface area contributed by atoms with Gasteiger partial charge in [-0.3, -0.25) is 14.4 Å². The highest BCUT2D eigenvalue weighted by Gasteiger charge is 2.31. The minimum atomic E-state index is 0.156. The summed E-state index contributed by atoms with van der Waals surface area (Å²) in [6.45, 7) is 2.42. The highest BCUT2D eigenvalue weighted by molar-refractivity contribution is 8.02. The van der Waals surface area contributed by atoms with Gasteiger partial charge in [-0.2, -0.15) is 0 Å². The van der Waals surface area contributed by atoms with Crippen molar-refractivity contribution in [3.63, 3.8) is 0 Å². The van der Waals surface area contributed by atoms with Crippen molar-refractivity contribution in [2.75, 3.05) is 25.4 Å². The summed E-state index contributed by atoms with van der Waals surface area (Å²) < 4.78 is 0. The number of hydrogen-bond acceptors (Lipinski definition) is 4. The number of carbonyl (C=O) groups is 3. The Balaban J connectivity index is 1.36. The van der Waals surface area contributed by atoms with E-state index in [2.05, 4.69) is 22.1 Å². The Kier molecular flexibility index (Phi) is 22.2. The van der Waals surface area contributed by atoms with Crippen molar-refractivity contribution >= 4 is 35.2 Å². The Labute approximate surface area is 297 Å². The third-order valence-corrected chi connectivity index (χ3v) is 10.8. The number of hydrogen-bond donors (Lipinski definition) is 2. The minimum absolute atomic E-state index is 0.156. The third kappa shape index (κ3) is 17.4. The van der Waals surface area contributed by atoms with Gasteiger partial charge in [0.15, 0.2) is 0 Å². The molecule has 0 fully saturated rings. The van der Waals surface area contributed by atoms with Gasteiger partial charge in [0, 0.05) is 43.6 Å². The summed E-state index contributed by atoms with van der Waals surface area (Å²) in [5.74, 6) is 1.68. The molecule has 3 amide bonds. The van der Waals surface area contributed by atoms with Crippen molar-refractivity contribution in [3.8, 4) is 0 Å². The molecule has 0 atom stereocenters. The van der Waals surface area contributed by atoms with E-state index < -0.39 is 0 Å². The number of nitrogens with one attached hydrogen (secondary N) is 2. The summed E-state index contributed by atoms with van der Waals surface area (Å²) in [7, 11) is 0. The quantitative estimate of drug-likeness (QED) is 0.286. The molecule has 0 saturated carbocycles. The summed E-state index contributed by atoms with van der Waals surface area (Å²) in [6.07, 6.45) is 29.7. The fourth-order valence-electron chi connectivity index (χ4n) is 6.87. The van der Waals surface area contributed by atoms with Crippen LogP contribution in [-0.4, -0.2) is 48.0 Å². The summed E-state index contributed by atoms with van der Waals surface area (Å²) in [4.78, 5) is 39.6. The molecule has 48 heavy (non-hydrogen) atoms. The third-order valence-electron chi connectivity index (χ3n) is 9.86. The van der Waals surface area contributed by atoms with Crippen molar-refractivity contribution < 1.29 is 14.4 Å². The Bertz CT molecular complexity index is 1070. The SMILES string of the molecule is O=C1CCCCCCCCCCNC(=O)CCCCCCCCCCN2C(=O)c3ccccc3C2=CSCCCCCCCCCCN1. The Morgan fingerprint density at radius 2 is 0.896 bits per heavy atom. The van der Waals surface area contributed by atoms with Crippen LogP contribution in [0.5, 0.6) is 0 Å². The molecule has 0 aliphatic carbocycles. The largest absolute Gasteiger partial charge is 0.356 e. The van der Waals surface area contributed by atoms with Crippen LogP contribution in [0.1, 0.15) is 183 Å². The molecule has 2 N–H and O–H groups in total. The fraction of sp³-hybridized carbons (Fsp3) is 0.732. The molecule has 3 rings (SSSR count). The van der Waals surface area contributed by atoms with E-state index in [9.17, 15) is 14.4 Å². The molecule has 0 radical (unpaired) electrons. The first kappa shape index (κ1) is 40.2. The highest BCUT2D eigenvalue weighted by Crippen LogP contribution is 2.34. The molecule has 6 nitrogen and oxygen atoms in total. The van der Waals surface area contributed by atoms with Gasteiger partial charge < -0.3 is 15.5 Å². The number of rotatable bonds is 0. The normalized spacial score (nSPS) is 21.8. The van der Waals surface area contributed by atoms with E-state index in [1.807, 2.05) is 34.9 Å². The average molecular weight is 682 g/mol. The molecule has 1 aromatic rings. The lowest BCUT2D eigenvalue weighted by Gasteiger charge is -2.18. The van der Waals surface area contributed by atoms with Crippen LogP contribution in [0.3, 0.4) is 0 Å². The molecule has 2 aliphatic heterocycles. The Morgan fingerprint density at radius 1 is 0.479 bits per heavy atom. The molecular weight excluding hydrogens is 615 g/mol. The standard InChI is InChI=1S/C41H67N3O3S/c45-39-29-19-13-7-1-3-9-15-23-31-42-40(46)30-20-14-8-2-5-11-17-25-33-44-38(36-27-21-22-28-37(36)41(44)47)35-48-34-26-18-12-6-4-10-16-24-32-43-39/h21-22,27-28,35H,1-20,23-26,29-34H2,(H,42,46)(H,43,45). The molecule has 7 heteroatoms. The second-order valence-electron chi connectivity index (χ2n) is 14.1. The second kappa shape index (κ2) is 26.6. The number of benzene rings is 1. The Morgan fingerprint density at radius 3 is 1.42 bits per heavy atom. The van der Waals surface area contributed by atoms with E-state index in [-0.39, 0.29) is 17.7 Å². The second-order valence-corrected chi connectivity index (χ2v) is 15.0. The van der Waals surface area contributed by atoms with Crippen molar-refractivity contribution in [2.45, 2.75) is 167 Å². The van der Waals surface area contributed by atoms with Crippen LogP contribution in [0, 0.1) is 0 Å². The molecule has 1 aromatic carbocycles. The molecule has 2 aliphatic rings. The van der Waals surface area contributed by atoms with Crippen LogP contribution in [0.15, 0.2) is 29.7 Å². The van der Waals surface area contributed by atoms with Crippen molar-refractivity contribution in [1.29, 1.82) is 0 Å². The molecular formula is C41H67N3O3S. The maximum Gasteiger partial charge on any atom is 0.258 e. The van der Waals surface area contributed by atoms with Gasteiger partial charge in [-0.1, -0.05) is 134 Å². The monoisotopic (exact) mass is 681 g/mol. The van der Waals surface area contributed by atoms with Crippen LogP contribution < -0.4 is 10.6 Å². The lowest BCUT2D eigenvalue weighted by atomic mass is 10.1. The van der Waals surface area contributed by atoms with Gasteiger partial charge in [-0.05, 0) is 55.8 Å². The van der Waals surface area contributed by atoms with Gasteiger partial charge in [-0.25, -0.2) is 0 Å². The van der Waals surface area contributed by atoms with E-state index in [1.165, 1.54) is 103 Å². The number of thioether (sulfide) groups is 1. The summed E-state index contributed by atoms with van der Waals surface area (Å²) in [5, 5.41) is 8.46. The summed E-state index contributed by atoms with van der Waals surface area (Å²) in [6, 6.07) is 8.08. The maximum atomic E-state index is 13.2. The maximum absolute atomic E-state index is 13.2. The van der Waals surface area contributed by atoms with E-state index in [0.29, 0.717) is 12.8 Å². The number of fused-ring (bicyclic) bond motifs is 3. The molecule has 2 heterocycles. The molecule has 0 bridgehead atoms. The fourth-order valence-corrected chi connectivity index (χ4v) is 7.77. The summed E-state index contributed by atoms with van der Waals surface area (Å²) >= 11 is 1.86. The molecule has 0 aromatic heterocycles. The average Bonchev–Trinajstić information content (AvgIpc) is 3.36. The van der Waals surface area contributed by atoms with Gasteiger partial charge >= 0.3 is 0 Å². The minimum Gasteiger partial charge on any atom is -0.356 e. The van der Waals surface area contributed by atoms with Crippen LogP contribution in [0.4, 0.5) is 0 Å². The van der Waals surface area contributed by atoms with Gasteiger partial charge in [0.2, 0.25) is 11.8 Å². The first-order chi connectivity index (χ1) is 23.7. The predicted molar refractivity (Wildman–Crippen MR) is 204 cm³/mol. The van der Waals surface area contributed by atoms with Gasteiger partial charge in [-0.15, -0.1) is 11.8 Å². The summed E-state index contributed by atoms with van der Waals surface area (Å²) in [5.41, 5.74) is 3.02. The van der Waals surface area contributed by atoms with E-state index in [4.69, 9.17) is 0 Å². The molecule has 0 unspecified atom stereocenters. The van der Waals surface area contributed by atoms with E-state index >= 15 is 0 Å². The highest BCUT2D eigenvalue weighted by atomic mass is 32.2. The zero-order valence-electron chi connectivity index (χ0n) is 30.2. The van der Waals surface area contributed by atoms with E-state index in [0.717, 1.165) is 93.6 Å². The van der Waals surface area contributed by atoms with Gasteiger partial charge in [0.1, 0.15) is 0 Å². The van der Waals surface area contributed by atoms with Crippen molar-refractivity contribution in [2.24, 2.45) is 0 Å². The molecule has 270 valence electrons. The lowest BCUT2D eigenvalue weighted by molar-refractivity contribution is -0.122. The number of nitrogens with zero attached hydrogens (tertiary/aromatic N) is 1. The first-order valence-electron chi connectivity index (χ1n) is 19.9. The predicted octanol–water partition coefficient (Wildman–Crippen LogP) is 10.6. The van der Waals surface area contributed by atoms with E-state index in [1.54, 1.807) is 0 Å². The molecule has 0 saturated heterocycles. The molecule has 0 spiro atoms. The van der Waals surface area contributed by atoms with Gasteiger partial charge in [0.25, 0.3) is 5.91 Å². The Hall–Kier alpha value is -2.28. The lowest BCUT2D eigenvalue weighted by Crippen LogP contribution is -2.24. The first-order valence-corrected chi connectivity index (χ1v) is 21.0. The zero-order chi connectivity index (χ0) is 33.9. The van der Waals surface area contributed by atoms with Crippen molar-refractivity contribution in [3.05, 3.63) is 40.8 Å². The van der Waals surface area contributed by atoms with Crippen molar-refractivity contribution in [1.82, 2.24) is 15.5 Å². The van der Waals surface area contributed by atoms with Crippen LogP contribution >= 0.6 is 11.8 Å². The van der Waals surface area contributed by atoms with Crippen LogP contribution in [0.2, 0.25) is 0 Å². The van der Waals surface area contributed by atoms with Crippen LogP contribution in [0.25, 0.3) is 5.70 Å². The van der Waals surface area contributed by atoms with Crippen LogP contribution in [-0.2, 0) is 9.59 Å². The van der Waals surface area contributed by atoms with Gasteiger partial charge in [0.05, 0.1) is 5.70 Å². The number of amides is 3. The topological polar surface area (TPSA) is 78.5 Å². The zero-order valence-corrected chi connectivity index (χ0v) is 31.0. The smallest absolute Gasteiger partial charge is 0.258 e.